The van der Waals surface area contributed by atoms with Crippen molar-refractivity contribution in [2.24, 2.45) is 0 Å². The molecule has 0 spiro atoms. The quantitative estimate of drug-likeness (QED) is 0.749. The van der Waals surface area contributed by atoms with Crippen molar-refractivity contribution in [2.45, 2.75) is 19.9 Å². The summed E-state index contributed by atoms with van der Waals surface area (Å²) < 4.78 is 1.63. The van der Waals surface area contributed by atoms with Crippen LogP contribution in [-0.2, 0) is 4.79 Å². The second-order valence-electron chi connectivity index (χ2n) is 3.35. The molecule has 6 heteroatoms. The summed E-state index contributed by atoms with van der Waals surface area (Å²) in [5, 5.41) is 14.6. The second-order valence-corrected chi connectivity index (χ2v) is 3.35. The zero-order valence-corrected chi connectivity index (χ0v) is 8.60. The van der Waals surface area contributed by atoms with Crippen LogP contribution in [0.4, 0.5) is 0 Å². The number of rotatable bonds is 4. The van der Waals surface area contributed by atoms with E-state index in [-0.39, 0.29) is 11.7 Å². The molecule has 0 fully saturated rings. The minimum absolute atomic E-state index is 0.172. The van der Waals surface area contributed by atoms with Crippen LogP contribution < -0.4 is 5.32 Å². The van der Waals surface area contributed by atoms with Crippen LogP contribution in [0.25, 0.3) is 0 Å². The van der Waals surface area contributed by atoms with E-state index < -0.39 is 18.4 Å². The number of hydrogen-bond donors (Lipinski definition) is 2. The molecule has 0 saturated heterocycles. The van der Waals surface area contributed by atoms with E-state index in [9.17, 15) is 9.59 Å². The number of carbonyl (C=O) groups excluding carboxylic acids is 1. The van der Waals surface area contributed by atoms with E-state index in [2.05, 4.69) is 10.4 Å². The van der Waals surface area contributed by atoms with Gasteiger partial charge >= 0.3 is 5.97 Å². The minimum atomic E-state index is -1.08. The first-order valence-electron chi connectivity index (χ1n) is 4.56. The highest BCUT2D eigenvalue weighted by Crippen LogP contribution is 2.03. The van der Waals surface area contributed by atoms with Crippen molar-refractivity contribution >= 4 is 11.9 Å². The molecule has 0 aliphatic carbocycles. The van der Waals surface area contributed by atoms with Crippen molar-refractivity contribution in [1.29, 1.82) is 0 Å². The maximum Gasteiger partial charge on any atom is 0.322 e. The maximum atomic E-state index is 11.3. The minimum Gasteiger partial charge on any atom is -0.480 e. The molecule has 6 nitrogen and oxygen atoms in total. The summed E-state index contributed by atoms with van der Waals surface area (Å²) in [5.41, 5.74) is 0.227. The summed E-state index contributed by atoms with van der Waals surface area (Å²) >= 11 is 0. The third-order valence-corrected chi connectivity index (χ3v) is 1.77. The van der Waals surface area contributed by atoms with Crippen LogP contribution in [0.15, 0.2) is 12.3 Å². The summed E-state index contributed by atoms with van der Waals surface area (Å²) in [6, 6.07) is 1.73. The molecule has 0 atom stereocenters. The van der Waals surface area contributed by atoms with E-state index in [0.717, 1.165) is 0 Å². The lowest BCUT2D eigenvalue weighted by molar-refractivity contribution is -0.135. The van der Waals surface area contributed by atoms with Gasteiger partial charge in [0.15, 0.2) is 0 Å². The van der Waals surface area contributed by atoms with Gasteiger partial charge in [0.25, 0.3) is 5.91 Å². The van der Waals surface area contributed by atoms with Gasteiger partial charge in [0.1, 0.15) is 12.2 Å². The zero-order valence-electron chi connectivity index (χ0n) is 8.60. The Hall–Kier alpha value is -1.85. The molecule has 1 heterocycles. The third-order valence-electron chi connectivity index (χ3n) is 1.77. The Morgan fingerprint density at radius 2 is 2.27 bits per heavy atom. The Labute approximate surface area is 86.9 Å². The molecule has 1 rings (SSSR count). The average Bonchev–Trinajstić information content (AvgIpc) is 2.62. The van der Waals surface area contributed by atoms with Crippen LogP contribution >= 0.6 is 0 Å². The predicted molar refractivity (Wildman–Crippen MR) is 52.6 cm³/mol. The number of carboxylic acids is 1. The van der Waals surface area contributed by atoms with Gasteiger partial charge in [0.05, 0.1) is 0 Å². The van der Waals surface area contributed by atoms with Crippen molar-refractivity contribution in [2.75, 3.05) is 6.54 Å². The summed E-state index contributed by atoms with van der Waals surface area (Å²) in [7, 11) is 0. The molecular weight excluding hydrogens is 198 g/mol. The van der Waals surface area contributed by atoms with E-state index in [4.69, 9.17) is 5.11 Å². The lowest BCUT2D eigenvalue weighted by atomic mass is 10.4. The van der Waals surface area contributed by atoms with E-state index >= 15 is 0 Å². The monoisotopic (exact) mass is 211 g/mol. The molecule has 0 radical (unpaired) electrons. The molecule has 2 N–H and O–H groups in total. The van der Waals surface area contributed by atoms with Crippen molar-refractivity contribution in [3.05, 3.63) is 18.0 Å². The molecular formula is C9H13N3O3. The van der Waals surface area contributed by atoms with Crippen molar-refractivity contribution in [1.82, 2.24) is 15.1 Å². The van der Waals surface area contributed by atoms with Crippen molar-refractivity contribution in [3.8, 4) is 0 Å². The van der Waals surface area contributed by atoms with Crippen LogP contribution in [0.2, 0.25) is 0 Å². The number of aromatic nitrogens is 2. The molecule has 0 saturated carbocycles. The Morgan fingerprint density at radius 1 is 1.60 bits per heavy atom. The SMILES string of the molecule is CC(C)n1ccc(C(=O)NCC(=O)O)n1. The standard InChI is InChI=1S/C9H13N3O3/c1-6(2)12-4-3-7(11-12)9(15)10-5-8(13)14/h3-4,6H,5H2,1-2H3,(H,10,15)(H,13,14). The Balaban J connectivity index is 2.62. The normalized spacial score (nSPS) is 10.3. The first-order chi connectivity index (χ1) is 7.00. The van der Waals surface area contributed by atoms with Gasteiger partial charge < -0.3 is 10.4 Å². The highest BCUT2D eigenvalue weighted by Gasteiger charge is 2.11. The number of nitrogens with zero attached hydrogens (tertiary/aromatic N) is 2. The Bertz CT molecular complexity index is 370. The number of amides is 1. The van der Waals surface area contributed by atoms with Crippen LogP contribution in [0.1, 0.15) is 30.4 Å². The van der Waals surface area contributed by atoms with Crippen molar-refractivity contribution < 1.29 is 14.7 Å². The highest BCUT2D eigenvalue weighted by atomic mass is 16.4. The largest absolute Gasteiger partial charge is 0.480 e. The molecule has 0 aliphatic rings. The van der Waals surface area contributed by atoms with Gasteiger partial charge in [-0.05, 0) is 19.9 Å². The summed E-state index contributed by atoms with van der Waals surface area (Å²) in [6.07, 6.45) is 1.68. The molecule has 82 valence electrons. The third kappa shape index (κ3) is 3.08. The molecule has 15 heavy (non-hydrogen) atoms. The van der Waals surface area contributed by atoms with Crippen LogP contribution in [-0.4, -0.2) is 33.3 Å². The number of nitrogens with one attached hydrogen (secondary N) is 1. The number of hydrogen-bond acceptors (Lipinski definition) is 3. The smallest absolute Gasteiger partial charge is 0.322 e. The fourth-order valence-electron chi connectivity index (χ4n) is 0.993. The lowest BCUT2D eigenvalue weighted by Gasteiger charge is -2.03. The zero-order chi connectivity index (χ0) is 11.4. The predicted octanol–water partition coefficient (Wildman–Crippen LogP) is 0.278. The molecule has 0 unspecified atom stereocenters. The average molecular weight is 211 g/mol. The first kappa shape index (κ1) is 11.2. The van der Waals surface area contributed by atoms with Crippen molar-refractivity contribution in [3.63, 3.8) is 0 Å². The summed E-state index contributed by atoms with van der Waals surface area (Å²) in [6.45, 7) is 3.48. The molecule has 1 amide bonds. The fourth-order valence-corrected chi connectivity index (χ4v) is 0.993. The van der Waals surface area contributed by atoms with Gasteiger partial charge in [-0.3, -0.25) is 14.3 Å². The second kappa shape index (κ2) is 4.59. The van der Waals surface area contributed by atoms with E-state index in [0.29, 0.717) is 0 Å². The van der Waals surface area contributed by atoms with Gasteiger partial charge in [-0.25, -0.2) is 0 Å². The molecule has 1 aromatic heterocycles. The fraction of sp³-hybridized carbons (Fsp3) is 0.444. The first-order valence-corrected chi connectivity index (χ1v) is 4.56. The number of carbonyl (C=O) groups is 2. The van der Waals surface area contributed by atoms with Crippen LogP contribution in [0.3, 0.4) is 0 Å². The summed E-state index contributed by atoms with van der Waals surface area (Å²) in [5.74, 6) is -1.55. The van der Waals surface area contributed by atoms with Gasteiger partial charge in [-0.15, -0.1) is 0 Å². The van der Waals surface area contributed by atoms with Gasteiger partial charge in [-0.2, -0.15) is 5.10 Å². The molecule has 0 aliphatic heterocycles. The van der Waals surface area contributed by atoms with Gasteiger partial charge in [-0.1, -0.05) is 0 Å². The maximum absolute atomic E-state index is 11.3. The molecule has 1 aromatic rings. The van der Waals surface area contributed by atoms with Gasteiger partial charge in [0.2, 0.25) is 0 Å². The van der Waals surface area contributed by atoms with E-state index in [1.165, 1.54) is 0 Å². The lowest BCUT2D eigenvalue weighted by Crippen LogP contribution is -2.29. The topological polar surface area (TPSA) is 84.2 Å². The molecule has 0 aromatic carbocycles. The Morgan fingerprint density at radius 3 is 2.73 bits per heavy atom. The molecule has 0 bridgehead atoms. The van der Waals surface area contributed by atoms with Gasteiger partial charge in [0, 0.05) is 12.2 Å². The van der Waals surface area contributed by atoms with Crippen LogP contribution in [0, 0.1) is 0 Å². The van der Waals surface area contributed by atoms with Crippen LogP contribution in [0.5, 0.6) is 0 Å². The number of aliphatic carboxylic acids is 1. The number of carboxylic acid groups (broad SMARTS) is 1. The Kier molecular flexibility index (Phi) is 3.43. The van der Waals surface area contributed by atoms with E-state index in [1.807, 2.05) is 13.8 Å². The highest BCUT2D eigenvalue weighted by molar-refractivity contribution is 5.93. The summed E-state index contributed by atoms with van der Waals surface area (Å²) in [4.78, 5) is 21.5. The van der Waals surface area contributed by atoms with E-state index in [1.54, 1.807) is 16.9 Å².